The van der Waals surface area contributed by atoms with E-state index in [1.807, 2.05) is 54.6 Å². The Labute approximate surface area is 180 Å². The summed E-state index contributed by atoms with van der Waals surface area (Å²) in [6.45, 7) is 0.792. The molecule has 0 spiro atoms. The number of nitrogens with zero attached hydrogens (tertiary/aromatic N) is 2. The Morgan fingerprint density at radius 3 is 2.45 bits per heavy atom. The monoisotopic (exact) mass is 411 g/mol. The van der Waals surface area contributed by atoms with Gasteiger partial charge in [-0.05, 0) is 54.1 Å². The van der Waals surface area contributed by atoms with Gasteiger partial charge in [0.15, 0.2) is 0 Å². The molecule has 0 saturated heterocycles. The standard InChI is InChI=1S/C25H21N3O3/c29-25(21-8-10-22(11-9-21)30-18-20-5-4-13-26-16-20)28-17-19-12-14-27-24(15-19)31-23-6-2-1-3-7-23/h1-16H,17-18H2,(H,28,29). The molecule has 1 N–H and O–H groups in total. The van der Waals surface area contributed by atoms with Crippen molar-refractivity contribution >= 4 is 5.91 Å². The predicted molar refractivity (Wildman–Crippen MR) is 117 cm³/mol. The number of hydrogen-bond acceptors (Lipinski definition) is 5. The van der Waals surface area contributed by atoms with Gasteiger partial charge in [0.1, 0.15) is 18.1 Å². The molecule has 0 fully saturated rings. The molecule has 154 valence electrons. The summed E-state index contributed by atoms with van der Waals surface area (Å²) in [5, 5.41) is 2.91. The van der Waals surface area contributed by atoms with E-state index in [4.69, 9.17) is 9.47 Å². The van der Waals surface area contributed by atoms with Crippen LogP contribution >= 0.6 is 0 Å². The van der Waals surface area contributed by atoms with Gasteiger partial charge in [-0.25, -0.2) is 4.98 Å². The number of benzene rings is 2. The van der Waals surface area contributed by atoms with Crippen LogP contribution in [-0.2, 0) is 13.2 Å². The molecule has 0 unspecified atom stereocenters. The van der Waals surface area contributed by atoms with Crippen molar-refractivity contribution in [1.29, 1.82) is 0 Å². The molecule has 2 heterocycles. The molecule has 0 aliphatic rings. The Morgan fingerprint density at radius 2 is 1.68 bits per heavy atom. The highest BCUT2D eigenvalue weighted by Gasteiger charge is 2.07. The first-order chi connectivity index (χ1) is 15.3. The molecule has 0 saturated carbocycles. The summed E-state index contributed by atoms with van der Waals surface area (Å²) < 4.78 is 11.5. The van der Waals surface area contributed by atoms with Gasteiger partial charge in [0.25, 0.3) is 5.91 Å². The second-order valence-corrected chi connectivity index (χ2v) is 6.77. The highest BCUT2D eigenvalue weighted by Crippen LogP contribution is 2.19. The third-order valence-corrected chi connectivity index (χ3v) is 4.46. The predicted octanol–water partition coefficient (Wildman–Crippen LogP) is 4.78. The number of ether oxygens (including phenoxy) is 2. The molecule has 0 atom stereocenters. The quantitative estimate of drug-likeness (QED) is 0.452. The Kier molecular flexibility index (Phi) is 6.50. The zero-order chi connectivity index (χ0) is 21.3. The first kappa shape index (κ1) is 20.1. The molecule has 6 heteroatoms. The summed E-state index contributed by atoms with van der Waals surface area (Å²) in [5.74, 6) is 1.72. The minimum absolute atomic E-state index is 0.166. The molecule has 6 nitrogen and oxygen atoms in total. The Balaban J connectivity index is 1.30. The van der Waals surface area contributed by atoms with E-state index >= 15 is 0 Å². The van der Waals surface area contributed by atoms with E-state index in [1.165, 1.54) is 0 Å². The average molecular weight is 411 g/mol. The lowest BCUT2D eigenvalue weighted by Crippen LogP contribution is -2.22. The number of amides is 1. The summed E-state index contributed by atoms with van der Waals surface area (Å²) in [7, 11) is 0. The van der Waals surface area contributed by atoms with E-state index in [0.717, 1.165) is 11.1 Å². The zero-order valence-corrected chi connectivity index (χ0v) is 16.8. The third-order valence-electron chi connectivity index (χ3n) is 4.46. The van der Waals surface area contributed by atoms with Crippen LogP contribution in [0.4, 0.5) is 0 Å². The van der Waals surface area contributed by atoms with Crippen LogP contribution in [0.1, 0.15) is 21.5 Å². The number of aromatic nitrogens is 2. The number of nitrogens with one attached hydrogen (secondary N) is 1. The minimum atomic E-state index is -0.166. The normalized spacial score (nSPS) is 10.3. The lowest BCUT2D eigenvalue weighted by Gasteiger charge is -2.09. The lowest BCUT2D eigenvalue weighted by molar-refractivity contribution is 0.0951. The average Bonchev–Trinajstić information content (AvgIpc) is 2.83. The second-order valence-electron chi connectivity index (χ2n) is 6.77. The summed E-state index contributed by atoms with van der Waals surface area (Å²) in [6.07, 6.45) is 5.14. The molecule has 1 amide bonds. The van der Waals surface area contributed by atoms with Crippen molar-refractivity contribution in [2.45, 2.75) is 13.2 Å². The fourth-order valence-corrected chi connectivity index (χ4v) is 2.86. The SMILES string of the molecule is O=C(NCc1ccnc(Oc2ccccc2)c1)c1ccc(OCc2cccnc2)cc1. The highest BCUT2D eigenvalue weighted by molar-refractivity contribution is 5.94. The van der Waals surface area contributed by atoms with Gasteiger partial charge in [-0.2, -0.15) is 0 Å². The molecule has 0 aliphatic heterocycles. The van der Waals surface area contributed by atoms with Gasteiger partial charge in [0, 0.05) is 42.3 Å². The van der Waals surface area contributed by atoms with Crippen LogP contribution in [0.5, 0.6) is 17.4 Å². The van der Waals surface area contributed by atoms with Gasteiger partial charge < -0.3 is 14.8 Å². The molecule has 4 rings (SSSR count). The number of carbonyl (C=O) groups is 1. The largest absolute Gasteiger partial charge is 0.489 e. The maximum absolute atomic E-state index is 12.5. The van der Waals surface area contributed by atoms with Gasteiger partial charge in [-0.15, -0.1) is 0 Å². The van der Waals surface area contributed by atoms with E-state index in [0.29, 0.717) is 36.1 Å². The number of pyridine rings is 2. The van der Waals surface area contributed by atoms with Gasteiger partial charge >= 0.3 is 0 Å². The van der Waals surface area contributed by atoms with Crippen LogP contribution in [0.15, 0.2) is 97.5 Å². The van der Waals surface area contributed by atoms with E-state index in [2.05, 4.69) is 15.3 Å². The molecule has 2 aromatic heterocycles. The maximum atomic E-state index is 12.5. The minimum Gasteiger partial charge on any atom is -0.489 e. The molecule has 31 heavy (non-hydrogen) atoms. The molecule has 0 aliphatic carbocycles. The fourth-order valence-electron chi connectivity index (χ4n) is 2.86. The van der Waals surface area contributed by atoms with Gasteiger partial charge in [0.2, 0.25) is 5.88 Å². The Bertz CT molecular complexity index is 1120. The van der Waals surface area contributed by atoms with Gasteiger partial charge in [0.05, 0.1) is 0 Å². The molecule has 0 radical (unpaired) electrons. The second kappa shape index (κ2) is 10.0. The number of carbonyl (C=O) groups excluding carboxylic acids is 1. The van der Waals surface area contributed by atoms with Crippen molar-refractivity contribution in [2.24, 2.45) is 0 Å². The van der Waals surface area contributed by atoms with E-state index in [-0.39, 0.29) is 5.91 Å². The number of rotatable bonds is 8. The van der Waals surface area contributed by atoms with Crippen molar-refractivity contribution in [2.75, 3.05) is 0 Å². The number of para-hydroxylation sites is 1. The zero-order valence-electron chi connectivity index (χ0n) is 16.8. The van der Waals surface area contributed by atoms with Crippen molar-refractivity contribution in [3.8, 4) is 17.4 Å². The van der Waals surface area contributed by atoms with Crippen molar-refractivity contribution in [1.82, 2.24) is 15.3 Å². The number of hydrogen-bond donors (Lipinski definition) is 1. The van der Waals surface area contributed by atoms with Crippen LogP contribution in [0.3, 0.4) is 0 Å². The Hall–Kier alpha value is -4.19. The first-order valence-corrected chi connectivity index (χ1v) is 9.84. The van der Waals surface area contributed by atoms with Gasteiger partial charge in [-0.1, -0.05) is 24.3 Å². The summed E-state index contributed by atoms with van der Waals surface area (Å²) in [6, 6.07) is 23.9. The Morgan fingerprint density at radius 1 is 0.839 bits per heavy atom. The van der Waals surface area contributed by atoms with E-state index in [9.17, 15) is 4.79 Å². The van der Waals surface area contributed by atoms with Crippen molar-refractivity contribution < 1.29 is 14.3 Å². The van der Waals surface area contributed by atoms with Crippen LogP contribution < -0.4 is 14.8 Å². The third kappa shape index (κ3) is 5.90. The summed E-state index contributed by atoms with van der Waals surface area (Å²) in [4.78, 5) is 20.8. The summed E-state index contributed by atoms with van der Waals surface area (Å²) >= 11 is 0. The smallest absolute Gasteiger partial charge is 0.251 e. The molecule has 4 aromatic rings. The van der Waals surface area contributed by atoms with Gasteiger partial charge in [-0.3, -0.25) is 9.78 Å². The van der Waals surface area contributed by atoms with E-state index in [1.54, 1.807) is 42.9 Å². The van der Waals surface area contributed by atoms with Crippen molar-refractivity contribution in [3.05, 3.63) is 114 Å². The summed E-state index contributed by atoms with van der Waals surface area (Å²) in [5.41, 5.74) is 2.44. The topological polar surface area (TPSA) is 73.3 Å². The molecular formula is C25H21N3O3. The molecule has 2 aromatic carbocycles. The van der Waals surface area contributed by atoms with Crippen LogP contribution in [0.25, 0.3) is 0 Å². The molecule has 0 bridgehead atoms. The molecular weight excluding hydrogens is 390 g/mol. The highest BCUT2D eigenvalue weighted by atomic mass is 16.5. The van der Waals surface area contributed by atoms with E-state index < -0.39 is 0 Å². The lowest BCUT2D eigenvalue weighted by atomic mass is 10.2. The van der Waals surface area contributed by atoms with Crippen LogP contribution in [0, 0.1) is 0 Å². The fraction of sp³-hybridized carbons (Fsp3) is 0.0800. The van der Waals surface area contributed by atoms with Crippen LogP contribution in [0.2, 0.25) is 0 Å². The van der Waals surface area contributed by atoms with Crippen LogP contribution in [-0.4, -0.2) is 15.9 Å². The maximum Gasteiger partial charge on any atom is 0.251 e. The first-order valence-electron chi connectivity index (χ1n) is 9.84. The van der Waals surface area contributed by atoms with Crippen molar-refractivity contribution in [3.63, 3.8) is 0 Å².